The zero-order chi connectivity index (χ0) is 13.1. The van der Waals surface area contributed by atoms with Gasteiger partial charge in [-0.15, -0.1) is 0 Å². The Kier molecular flexibility index (Phi) is 4.01. The van der Waals surface area contributed by atoms with Crippen molar-refractivity contribution in [3.63, 3.8) is 0 Å². The van der Waals surface area contributed by atoms with Crippen molar-refractivity contribution in [2.75, 3.05) is 39.5 Å². The van der Waals surface area contributed by atoms with Crippen molar-refractivity contribution in [2.24, 2.45) is 0 Å². The Morgan fingerprint density at radius 1 is 1.37 bits per heavy atom. The first kappa shape index (κ1) is 12.9. The van der Waals surface area contributed by atoms with Crippen molar-refractivity contribution in [1.82, 2.24) is 0 Å². The summed E-state index contributed by atoms with van der Waals surface area (Å²) in [6.07, 6.45) is 0. The molecule has 1 saturated heterocycles. The number of hydrogen-bond donors (Lipinski definition) is 2. The highest BCUT2D eigenvalue weighted by Gasteiger charge is 2.35. The van der Waals surface area contributed by atoms with Crippen LogP contribution in [0, 0.1) is 0 Å². The van der Waals surface area contributed by atoms with Gasteiger partial charge in [-0.1, -0.05) is 12.1 Å². The second-order valence-corrected chi connectivity index (χ2v) is 5.31. The van der Waals surface area contributed by atoms with Crippen molar-refractivity contribution >= 4 is 0 Å². The van der Waals surface area contributed by atoms with E-state index in [2.05, 4.69) is 30.4 Å². The molecule has 3 rings (SSSR count). The summed E-state index contributed by atoms with van der Waals surface area (Å²) < 4.78 is 11.4. The molecule has 1 aromatic rings. The van der Waals surface area contributed by atoms with Crippen LogP contribution in [0.5, 0.6) is 5.75 Å². The highest BCUT2D eigenvalue weighted by molar-refractivity contribution is 5.42. The maximum Gasteiger partial charge on any atom is 0.167 e. The number of benzene rings is 1. The van der Waals surface area contributed by atoms with Gasteiger partial charge in [0.25, 0.3) is 0 Å². The minimum Gasteiger partial charge on any atom is -0.493 e. The van der Waals surface area contributed by atoms with Crippen LogP contribution in [-0.2, 0) is 11.3 Å². The van der Waals surface area contributed by atoms with Gasteiger partial charge in [-0.2, -0.15) is 0 Å². The molecule has 2 aliphatic rings. The molecule has 0 aromatic heterocycles. The van der Waals surface area contributed by atoms with Gasteiger partial charge in [0.15, 0.2) is 6.04 Å². The fourth-order valence-corrected chi connectivity index (χ4v) is 3.32. The maximum atomic E-state index is 5.87. The van der Waals surface area contributed by atoms with Gasteiger partial charge in [-0.25, -0.2) is 0 Å². The Morgan fingerprint density at radius 3 is 3.00 bits per heavy atom. The number of quaternary nitrogens is 2. The Balaban J connectivity index is 1.92. The molecule has 1 atom stereocenters. The smallest absolute Gasteiger partial charge is 0.167 e. The van der Waals surface area contributed by atoms with Crippen LogP contribution in [-0.4, -0.2) is 39.5 Å². The van der Waals surface area contributed by atoms with E-state index in [9.17, 15) is 0 Å². The first-order valence-electron chi connectivity index (χ1n) is 7.38. The molecule has 0 radical (unpaired) electrons. The number of ether oxygens (including phenoxy) is 2. The second-order valence-electron chi connectivity index (χ2n) is 5.31. The molecule has 2 heterocycles. The van der Waals surface area contributed by atoms with Gasteiger partial charge < -0.3 is 19.7 Å². The third-order valence-corrected chi connectivity index (χ3v) is 4.20. The Morgan fingerprint density at radius 2 is 2.21 bits per heavy atom. The van der Waals surface area contributed by atoms with Gasteiger partial charge in [-0.05, 0) is 13.0 Å². The van der Waals surface area contributed by atoms with E-state index in [1.807, 2.05) is 0 Å². The molecule has 0 unspecified atom stereocenters. The molecule has 1 aromatic carbocycles. The number of nitrogens with two attached hydrogens (primary N) is 1. The van der Waals surface area contributed by atoms with Crippen molar-refractivity contribution < 1.29 is 19.7 Å². The third-order valence-electron chi connectivity index (χ3n) is 4.20. The van der Waals surface area contributed by atoms with E-state index in [4.69, 9.17) is 9.47 Å². The van der Waals surface area contributed by atoms with E-state index in [0.717, 1.165) is 51.7 Å². The molecule has 0 amide bonds. The monoisotopic (exact) mass is 264 g/mol. The third kappa shape index (κ3) is 2.61. The van der Waals surface area contributed by atoms with Crippen molar-refractivity contribution in [3.8, 4) is 5.75 Å². The molecule has 0 bridgehead atoms. The molecular formula is C15H24N2O2+2. The normalized spacial score (nSPS) is 23.9. The standard InChI is InChI=1S/C15H22N2O2/c1-2-19-14-5-3-4-12-10-16-11-13(15(12)14)17-6-8-18-9-7-17/h3-5,13,16H,2,6-11H2,1H3/p+2/t13-/m1/s1. The fourth-order valence-electron chi connectivity index (χ4n) is 3.32. The number of morpholine rings is 1. The van der Waals surface area contributed by atoms with Crippen molar-refractivity contribution in [1.29, 1.82) is 0 Å². The summed E-state index contributed by atoms with van der Waals surface area (Å²) in [7, 11) is 0. The van der Waals surface area contributed by atoms with Crippen LogP contribution >= 0.6 is 0 Å². The van der Waals surface area contributed by atoms with Crippen LogP contribution in [0.3, 0.4) is 0 Å². The quantitative estimate of drug-likeness (QED) is 0.744. The van der Waals surface area contributed by atoms with Crippen molar-refractivity contribution in [3.05, 3.63) is 29.3 Å². The van der Waals surface area contributed by atoms with E-state index >= 15 is 0 Å². The molecule has 19 heavy (non-hydrogen) atoms. The number of rotatable bonds is 3. The van der Waals surface area contributed by atoms with Gasteiger partial charge in [0.05, 0.1) is 25.4 Å². The lowest BCUT2D eigenvalue weighted by atomic mass is 9.94. The van der Waals surface area contributed by atoms with E-state index in [1.165, 1.54) is 11.1 Å². The maximum absolute atomic E-state index is 5.87. The average Bonchev–Trinajstić information content (AvgIpc) is 2.48. The predicted octanol–water partition coefficient (Wildman–Crippen LogP) is -0.881. The molecule has 4 heteroatoms. The predicted molar refractivity (Wildman–Crippen MR) is 72.4 cm³/mol. The van der Waals surface area contributed by atoms with Gasteiger partial charge >= 0.3 is 0 Å². The van der Waals surface area contributed by atoms with E-state index < -0.39 is 0 Å². The lowest BCUT2D eigenvalue weighted by Crippen LogP contribution is -3.17. The Labute approximate surface area is 114 Å². The van der Waals surface area contributed by atoms with Crippen LogP contribution in [0.2, 0.25) is 0 Å². The van der Waals surface area contributed by atoms with E-state index in [-0.39, 0.29) is 0 Å². The van der Waals surface area contributed by atoms with Crippen LogP contribution in [0.4, 0.5) is 0 Å². The molecule has 0 saturated carbocycles. The van der Waals surface area contributed by atoms with Crippen LogP contribution < -0.4 is 15.0 Å². The summed E-state index contributed by atoms with van der Waals surface area (Å²) in [6, 6.07) is 7.05. The van der Waals surface area contributed by atoms with Gasteiger partial charge in [0.1, 0.15) is 31.9 Å². The van der Waals surface area contributed by atoms with Crippen LogP contribution in [0.1, 0.15) is 24.1 Å². The second kappa shape index (κ2) is 5.90. The molecule has 3 N–H and O–H groups in total. The Hall–Kier alpha value is -1.10. The number of nitrogens with one attached hydrogen (secondary N) is 1. The average molecular weight is 264 g/mol. The highest BCUT2D eigenvalue weighted by Crippen LogP contribution is 2.28. The first-order chi connectivity index (χ1) is 9.40. The van der Waals surface area contributed by atoms with Gasteiger partial charge in [0, 0.05) is 5.56 Å². The highest BCUT2D eigenvalue weighted by atomic mass is 16.5. The lowest BCUT2D eigenvalue weighted by molar-refractivity contribution is -0.954. The molecule has 4 nitrogen and oxygen atoms in total. The zero-order valence-corrected chi connectivity index (χ0v) is 11.7. The summed E-state index contributed by atoms with van der Waals surface area (Å²) in [5.74, 6) is 1.09. The number of hydrogen-bond acceptors (Lipinski definition) is 2. The molecule has 0 spiro atoms. The largest absolute Gasteiger partial charge is 0.493 e. The van der Waals surface area contributed by atoms with Crippen LogP contribution in [0.15, 0.2) is 18.2 Å². The molecule has 104 valence electrons. The first-order valence-corrected chi connectivity index (χ1v) is 7.38. The zero-order valence-electron chi connectivity index (χ0n) is 11.7. The molecule has 2 aliphatic heterocycles. The van der Waals surface area contributed by atoms with Gasteiger partial charge in [0.2, 0.25) is 0 Å². The Bertz CT molecular complexity index is 430. The summed E-state index contributed by atoms with van der Waals surface area (Å²) in [6.45, 7) is 9.03. The molecular weight excluding hydrogens is 240 g/mol. The van der Waals surface area contributed by atoms with E-state index in [0.29, 0.717) is 6.04 Å². The SMILES string of the molecule is CCOc1cccc2c1[C@H]([NH+]1CCOCC1)C[NH2+]C2. The fraction of sp³-hybridized carbons (Fsp3) is 0.600. The summed E-state index contributed by atoms with van der Waals surface area (Å²) in [5, 5.41) is 2.42. The topological polar surface area (TPSA) is 39.5 Å². The summed E-state index contributed by atoms with van der Waals surface area (Å²) in [4.78, 5) is 1.65. The van der Waals surface area contributed by atoms with Crippen molar-refractivity contribution in [2.45, 2.75) is 19.5 Å². The summed E-state index contributed by atoms with van der Waals surface area (Å²) in [5.41, 5.74) is 2.89. The molecule has 1 fully saturated rings. The van der Waals surface area contributed by atoms with Crippen LogP contribution in [0.25, 0.3) is 0 Å². The number of fused-ring (bicyclic) bond motifs is 1. The minimum absolute atomic E-state index is 0.551. The lowest BCUT2D eigenvalue weighted by Gasteiger charge is -2.34. The molecule has 0 aliphatic carbocycles. The van der Waals surface area contributed by atoms with Gasteiger partial charge in [-0.3, -0.25) is 0 Å². The van der Waals surface area contributed by atoms with E-state index in [1.54, 1.807) is 4.90 Å². The summed E-state index contributed by atoms with van der Waals surface area (Å²) >= 11 is 0. The minimum atomic E-state index is 0.551.